The molecule has 0 heterocycles. The molecule has 0 aliphatic carbocycles. The molecule has 0 aliphatic heterocycles. The number of carbonyl (C=O) groups is 2. The van der Waals surface area contributed by atoms with Crippen molar-refractivity contribution in [1.29, 1.82) is 0 Å². The van der Waals surface area contributed by atoms with Crippen LogP contribution in [0.4, 0.5) is 35.9 Å². The van der Waals surface area contributed by atoms with Crippen LogP contribution < -0.4 is 11.1 Å². The molecule has 0 saturated carbocycles. The third-order valence-corrected chi connectivity index (χ3v) is 3.60. The first-order valence-electron chi connectivity index (χ1n) is 7.76. The molecular formula is C16H11F3N4O7. The van der Waals surface area contributed by atoms with E-state index in [2.05, 4.69) is 4.74 Å². The summed E-state index contributed by atoms with van der Waals surface area (Å²) in [6.45, 7) is -0.951. The van der Waals surface area contributed by atoms with Gasteiger partial charge in [-0.15, -0.1) is 0 Å². The zero-order chi connectivity index (χ0) is 22.6. The number of alkyl halides is 3. The van der Waals surface area contributed by atoms with Crippen LogP contribution in [0.2, 0.25) is 0 Å². The Bertz CT molecular complexity index is 1040. The number of carbonyl (C=O) groups excluding carboxylic acids is 2. The molecule has 2 rings (SSSR count). The van der Waals surface area contributed by atoms with Gasteiger partial charge in [-0.05, 0) is 18.2 Å². The van der Waals surface area contributed by atoms with Gasteiger partial charge in [0.15, 0.2) is 6.61 Å². The molecule has 0 aromatic heterocycles. The fourth-order valence-electron chi connectivity index (χ4n) is 2.21. The SMILES string of the molecule is Nc1cc([N+](=O)[O-])ccc1C(=O)OCC(=O)Nc1ccc(C(F)(F)F)cc1[N+](=O)[O-]. The van der Waals surface area contributed by atoms with Gasteiger partial charge < -0.3 is 15.8 Å². The lowest BCUT2D eigenvalue weighted by molar-refractivity contribution is -0.384. The molecular weight excluding hydrogens is 417 g/mol. The molecule has 0 spiro atoms. The van der Waals surface area contributed by atoms with Crippen LogP contribution in [0.5, 0.6) is 0 Å². The number of esters is 1. The first-order valence-corrected chi connectivity index (χ1v) is 7.76. The molecule has 14 heteroatoms. The third kappa shape index (κ3) is 5.18. The lowest BCUT2D eigenvalue weighted by Crippen LogP contribution is -2.22. The number of nitrogens with one attached hydrogen (secondary N) is 1. The number of non-ortho nitro benzene ring substituents is 1. The van der Waals surface area contributed by atoms with E-state index in [1.54, 1.807) is 0 Å². The molecule has 3 N–H and O–H groups in total. The number of hydrogen-bond acceptors (Lipinski definition) is 8. The standard InChI is InChI=1S/C16H11F3N4O7/c17-16(18,19)8-1-4-12(13(5-8)23(28)29)21-14(24)7-30-15(25)10-3-2-9(22(26)27)6-11(10)20/h1-6H,7,20H2,(H,21,24). The van der Waals surface area contributed by atoms with Crippen molar-refractivity contribution in [2.24, 2.45) is 0 Å². The van der Waals surface area contributed by atoms with Crippen molar-refractivity contribution in [1.82, 2.24) is 0 Å². The topological polar surface area (TPSA) is 168 Å². The maximum Gasteiger partial charge on any atom is 0.416 e. The smallest absolute Gasteiger partial charge is 0.416 e. The molecule has 2 aromatic carbocycles. The van der Waals surface area contributed by atoms with Gasteiger partial charge in [-0.2, -0.15) is 13.2 Å². The Hall–Kier alpha value is -4.23. The minimum absolute atomic E-state index is 0.249. The molecule has 1 amide bonds. The average molecular weight is 428 g/mol. The summed E-state index contributed by atoms with van der Waals surface area (Å²) in [5.74, 6) is -2.19. The van der Waals surface area contributed by atoms with Crippen LogP contribution in [-0.4, -0.2) is 28.3 Å². The minimum atomic E-state index is -4.83. The van der Waals surface area contributed by atoms with Gasteiger partial charge in [0.05, 0.1) is 26.7 Å². The first-order chi connectivity index (χ1) is 13.9. The molecule has 11 nitrogen and oxygen atoms in total. The predicted octanol–water partition coefficient (Wildman–Crippen LogP) is 2.90. The molecule has 2 aromatic rings. The molecule has 30 heavy (non-hydrogen) atoms. The van der Waals surface area contributed by atoms with Gasteiger partial charge in [-0.1, -0.05) is 0 Å². The van der Waals surface area contributed by atoms with Crippen molar-refractivity contribution in [3.05, 3.63) is 67.8 Å². The molecule has 0 aliphatic rings. The monoisotopic (exact) mass is 428 g/mol. The molecule has 0 radical (unpaired) electrons. The summed E-state index contributed by atoms with van der Waals surface area (Å²) in [6, 6.07) is 4.37. The molecule has 158 valence electrons. The van der Waals surface area contributed by atoms with Crippen LogP contribution in [0.3, 0.4) is 0 Å². The number of rotatable bonds is 6. The largest absolute Gasteiger partial charge is 0.452 e. The van der Waals surface area contributed by atoms with Gasteiger partial charge in [0.2, 0.25) is 0 Å². The average Bonchev–Trinajstić information content (AvgIpc) is 2.65. The Kier molecular flexibility index (Phi) is 6.19. The van der Waals surface area contributed by atoms with E-state index in [1.165, 1.54) is 0 Å². The van der Waals surface area contributed by atoms with Crippen molar-refractivity contribution in [2.75, 3.05) is 17.7 Å². The van der Waals surface area contributed by atoms with Gasteiger partial charge in [-0.25, -0.2) is 4.79 Å². The zero-order valence-electron chi connectivity index (χ0n) is 14.6. The highest BCUT2D eigenvalue weighted by Crippen LogP contribution is 2.35. The number of benzene rings is 2. The summed E-state index contributed by atoms with van der Waals surface area (Å²) < 4.78 is 42.7. The number of hydrogen-bond donors (Lipinski definition) is 2. The normalized spacial score (nSPS) is 10.9. The predicted molar refractivity (Wildman–Crippen MR) is 94.5 cm³/mol. The maximum absolute atomic E-state index is 12.7. The summed E-state index contributed by atoms with van der Waals surface area (Å²) >= 11 is 0. The third-order valence-electron chi connectivity index (χ3n) is 3.60. The summed E-state index contributed by atoms with van der Waals surface area (Å²) in [4.78, 5) is 43.6. The lowest BCUT2D eigenvalue weighted by atomic mass is 10.1. The number of nitrogen functional groups attached to an aromatic ring is 1. The number of ether oxygens (including phenoxy) is 1. The van der Waals surface area contributed by atoms with Crippen molar-refractivity contribution < 1.29 is 37.3 Å². The van der Waals surface area contributed by atoms with Crippen molar-refractivity contribution in [3.63, 3.8) is 0 Å². The van der Waals surface area contributed by atoms with E-state index >= 15 is 0 Å². The number of nitrogens with two attached hydrogens (primary N) is 1. The Morgan fingerprint density at radius 1 is 1.07 bits per heavy atom. The van der Waals surface area contributed by atoms with Crippen LogP contribution >= 0.6 is 0 Å². The second-order valence-corrected chi connectivity index (χ2v) is 5.64. The second-order valence-electron chi connectivity index (χ2n) is 5.64. The molecule has 0 atom stereocenters. The van der Waals surface area contributed by atoms with Gasteiger partial charge in [0, 0.05) is 18.2 Å². The molecule has 0 bridgehead atoms. The summed E-state index contributed by atoms with van der Waals surface area (Å²) in [7, 11) is 0. The second kappa shape index (κ2) is 8.42. The Balaban J connectivity index is 2.08. The minimum Gasteiger partial charge on any atom is -0.452 e. The maximum atomic E-state index is 12.7. The Morgan fingerprint density at radius 3 is 2.27 bits per heavy atom. The van der Waals surface area contributed by atoms with E-state index in [4.69, 9.17) is 5.73 Å². The summed E-state index contributed by atoms with van der Waals surface area (Å²) in [5.41, 5.74) is 1.75. The molecule has 0 fully saturated rings. The first kappa shape index (κ1) is 22.1. The summed E-state index contributed by atoms with van der Waals surface area (Å²) in [5, 5.41) is 23.6. The number of anilines is 2. The number of nitro groups is 2. The van der Waals surface area contributed by atoms with Crippen LogP contribution in [0.15, 0.2) is 36.4 Å². The van der Waals surface area contributed by atoms with Gasteiger partial charge in [0.25, 0.3) is 17.3 Å². The van der Waals surface area contributed by atoms with Crippen LogP contribution in [0.1, 0.15) is 15.9 Å². The van der Waals surface area contributed by atoms with Crippen molar-refractivity contribution >= 4 is 34.6 Å². The lowest BCUT2D eigenvalue weighted by Gasteiger charge is -2.10. The van der Waals surface area contributed by atoms with Crippen LogP contribution in [0.25, 0.3) is 0 Å². The Labute approximate surface area is 164 Å². The van der Waals surface area contributed by atoms with E-state index in [0.29, 0.717) is 12.1 Å². The van der Waals surface area contributed by atoms with Crippen molar-refractivity contribution in [3.8, 4) is 0 Å². The molecule has 0 saturated heterocycles. The van der Waals surface area contributed by atoms with Crippen LogP contribution in [0, 0.1) is 20.2 Å². The van der Waals surface area contributed by atoms with E-state index < -0.39 is 51.4 Å². The van der Waals surface area contributed by atoms with Gasteiger partial charge >= 0.3 is 12.1 Å². The number of halogens is 3. The van der Waals surface area contributed by atoms with E-state index in [9.17, 15) is 43.0 Å². The highest BCUT2D eigenvalue weighted by molar-refractivity contribution is 5.99. The number of nitro benzene ring substituents is 2. The fourth-order valence-corrected chi connectivity index (χ4v) is 2.21. The highest BCUT2D eigenvalue weighted by atomic mass is 19.4. The number of amides is 1. The van der Waals surface area contributed by atoms with Gasteiger partial charge in [0.1, 0.15) is 5.69 Å². The quantitative estimate of drug-likeness (QED) is 0.306. The van der Waals surface area contributed by atoms with Crippen LogP contribution in [-0.2, 0) is 15.7 Å². The van der Waals surface area contributed by atoms with E-state index in [0.717, 1.165) is 18.2 Å². The van der Waals surface area contributed by atoms with Crippen molar-refractivity contribution in [2.45, 2.75) is 6.18 Å². The Morgan fingerprint density at radius 2 is 1.73 bits per heavy atom. The van der Waals surface area contributed by atoms with E-state index in [1.807, 2.05) is 5.32 Å². The zero-order valence-corrected chi connectivity index (χ0v) is 14.6. The highest BCUT2D eigenvalue weighted by Gasteiger charge is 2.33. The van der Waals surface area contributed by atoms with E-state index in [-0.39, 0.29) is 23.0 Å². The molecule has 0 unspecified atom stereocenters. The summed E-state index contributed by atoms with van der Waals surface area (Å²) in [6.07, 6.45) is -4.83. The fraction of sp³-hybridized carbons (Fsp3) is 0.125. The number of nitrogens with zero attached hydrogens (tertiary/aromatic N) is 2. The van der Waals surface area contributed by atoms with Gasteiger partial charge in [-0.3, -0.25) is 25.0 Å².